The molecule has 2 heteroatoms. The molecule has 0 saturated carbocycles. The lowest BCUT2D eigenvalue weighted by atomic mass is 9.79. The molecule has 1 aliphatic heterocycles. The van der Waals surface area contributed by atoms with Crippen LogP contribution in [-0.4, -0.2) is 17.6 Å². The van der Waals surface area contributed by atoms with E-state index in [1.165, 1.54) is 36.1 Å². The summed E-state index contributed by atoms with van der Waals surface area (Å²) >= 11 is 0. The molecule has 2 atom stereocenters. The minimum Gasteiger partial charge on any atom is -0.310 e. The lowest BCUT2D eigenvalue weighted by molar-refractivity contribution is 0.256. The van der Waals surface area contributed by atoms with Crippen LogP contribution in [0.1, 0.15) is 24.0 Å². The van der Waals surface area contributed by atoms with Crippen molar-refractivity contribution in [1.82, 2.24) is 10.3 Å². The molecule has 1 aromatic rings. The smallest absolute Gasteiger partial charge is 0.0343 e. The number of nitrogens with one attached hydrogen (secondary N) is 1. The Labute approximate surface area is 90.4 Å². The Bertz CT molecular complexity index is 409. The number of hydrogen-bond acceptors (Lipinski definition) is 2. The van der Waals surface area contributed by atoms with Crippen LogP contribution in [-0.2, 0) is 0 Å². The molecule has 3 rings (SSSR count). The van der Waals surface area contributed by atoms with Crippen molar-refractivity contribution >= 4 is 5.57 Å². The van der Waals surface area contributed by atoms with E-state index in [0.717, 1.165) is 5.92 Å². The van der Waals surface area contributed by atoms with Gasteiger partial charge in [-0.3, -0.25) is 4.98 Å². The van der Waals surface area contributed by atoms with E-state index in [9.17, 15) is 0 Å². The molecule has 1 aliphatic carbocycles. The quantitative estimate of drug-likeness (QED) is 0.751. The topological polar surface area (TPSA) is 24.9 Å². The van der Waals surface area contributed by atoms with Gasteiger partial charge in [0.15, 0.2) is 0 Å². The number of hydrogen-bond donors (Lipinski definition) is 1. The maximum Gasteiger partial charge on any atom is 0.0343 e. The van der Waals surface area contributed by atoms with Crippen LogP contribution in [0.4, 0.5) is 0 Å². The molecular weight excluding hydrogens is 184 g/mol. The van der Waals surface area contributed by atoms with Crippen molar-refractivity contribution < 1.29 is 0 Å². The van der Waals surface area contributed by atoms with E-state index in [1.807, 2.05) is 12.4 Å². The van der Waals surface area contributed by atoms with E-state index in [-0.39, 0.29) is 0 Å². The van der Waals surface area contributed by atoms with Gasteiger partial charge in [-0.25, -0.2) is 0 Å². The Morgan fingerprint density at radius 3 is 3.00 bits per heavy atom. The van der Waals surface area contributed by atoms with E-state index in [1.54, 1.807) is 0 Å². The lowest BCUT2D eigenvalue weighted by Crippen LogP contribution is -2.52. The maximum absolute atomic E-state index is 4.26. The molecule has 1 saturated heterocycles. The minimum atomic E-state index is 0.634. The van der Waals surface area contributed by atoms with Crippen molar-refractivity contribution in [3.05, 3.63) is 35.7 Å². The third-order valence-electron chi connectivity index (χ3n) is 3.53. The Kier molecular flexibility index (Phi) is 2.10. The van der Waals surface area contributed by atoms with Crippen LogP contribution in [0.3, 0.4) is 0 Å². The first-order chi connectivity index (χ1) is 7.33. The van der Waals surface area contributed by atoms with Crippen LogP contribution in [0.15, 0.2) is 24.5 Å². The molecule has 0 amide bonds. The number of aryl methyl sites for hydroxylation is 1. The summed E-state index contributed by atoms with van der Waals surface area (Å²) in [6.07, 6.45) is 8.84. The van der Waals surface area contributed by atoms with Crippen molar-refractivity contribution in [3.63, 3.8) is 0 Å². The van der Waals surface area contributed by atoms with Gasteiger partial charge in [0.2, 0.25) is 0 Å². The molecule has 78 valence electrons. The van der Waals surface area contributed by atoms with Gasteiger partial charge in [0, 0.05) is 25.0 Å². The fraction of sp³-hybridized carbons (Fsp3) is 0.462. The van der Waals surface area contributed by atoms with Gasteiger partial charge in [-0.2, -0.15) is 0 Å². The molecule has 15 heavy (non-hydrogen) atoms. The molecule has 2 aliphatic rings. The standard InChI is InChI=1S/C13H16N2/c1-9-4-12(7-14-6-9)10-2-3-11-8-15-13(11)5-10/h4-7,11,13,15H,2-3,8H2,1H3/t11-,13-/m0/s1. The molecule has 2 heterocycles. The van der Waals surface area contributed by atoms with Gasteiger partial charge in [0.05, 0.1) is 0 Å². The number of nitrogens with zero attached hydrogens (tertiary/aromatic N) is 1. The van der Waals surface area contributed by atoms with Gasteiger partial charge in [0.25, 0.3) is 0 Å². The number of pyridine rings is 1. The summed E-state index contributed by atoms with van der Waals surface area (Å²) in [5.41, 5.74) is 4.03. The van der Waals surface area contributed by atoms with E-state index in [0.29, 0.717) is 6.04 Å². The molecule has 1 N–H and O–H groups in total. The predicted molar refractivity (Wildman–Crippen MR) is 61.5 cm³/mol. The first-order valence-corrected chi connectivity index (χ1v) is 5.69. The highest BCUT2D eigenvalue weighted by atomic mass is 15.0. The Morgan fingerprint density at radius 1 is 1.40 bits per heavy atom. The molecular formula is C13H16N2. The van der Waals surface area contributed by atoms with E-state index in [2.05, 4.69) is 29.4 Å². The highest BCUT2D eigenvalue weighted by Gasteiger charge is 2.31. The molecule has 0 radical (unpaired) electrons. The summed E-state index contributed by atoms with van der Waals surface area (Å²) in [4.78, 5) is 4.26. The first kappa shape index (κ1) is 9.10. The van der Waals surface area contributed by atoms with Gasteiger partial charge >= 0.3 is 0 Å². The summed E-state index contributed by atoms with van der Waals surface area (Å²) < 4.78 is 0. The number of allylic oxidation sites excluding steroid dienone is 1. The Morgan fingerprint density at radius 2 is 2.33 bits per heavy atom. The van der Waals surface area contributed by atoms with E-state index in [4.69, 9.17) is 0 Å². The van der Waals surface area contributed by atoms with E-state index < -0.39 is 0 Å². The van der Waals surface area contributed by atoms with Crippen LogP contribution < -0.4 is 5.32 Å². The third-order valence-corrected chi connectivity index (χ3v) is 3.53. The maximum atomic E-state index is 4.26. The van der Waals surface area contributed by atoms with Crippen LogP contribution >= 0.6 is 0 Å². The van der Waals surface area contributed by atoms with Crippen molar-refractivity contribution in [1.29, 1.82) is 0 Å². The third kappa shape index (κ3) is 1.59. The molecule has 2 nitrogen and oxygen atoms in total. The second-order valence-electron chi connectivity index (χ2n) is 4.68. The van der Waals surface area contributed by atoms with Gasteiger partial charge in [0.1, 0.15) is 0 Å². The summed E-state index contributed by atoms with van der Waals surface area (Å²) in [6.45, 7) is 3.31. The molecule has 0 bridgehead atoms. The fourth-order valence-corrected chi connectivity index (χ4v) is 2.51. The highest BCUT2D eigenvalue weighted by Crippen LogP contribution is 2.33. The highest BCUT2D eigenvalue weighted by molar-refractivity contribution is 5.67. The molecule has 1 aromatic heterocycles. The van der Waals surface area contributed by atoms with E-state index >= 15 is 0 Å². The van der Waals surface area contributed by atoms with Crippen LogP contribution in [0.2, 0.25) is 0 Å². The second-order valence-corrected chi connectivity index (χ2v) is 4.68. The predicted octanol–water partition coefficient (Wildman–Crippen LogP) is 2.16. The number of rotatable bonds is 1. The fourth-order valence-electron chi connectivity index (χ4n) is 2.51. The molecule has 0 unspecified atom stereocenters. The average Bonchev–Trinajstić information content (AvgIpc) is 2.20. The van der Waals surface area contributed by atoms with Gasteiger partial charge in [-0.05, 0) is 48.4 Å². The van der Waals surface area contributed by atoms with Crippen LogP contribution in [0.25, 0.3) is 5.57 Å². The zero-order chi connectivity index (χ0) is 10.3. The van der Waals surface area contributed by atoms with Gasteiger partial charge in [-0.1, -0.05) is 6.08 Å². The van der Waals surface area contributed by atoms with Gasteiger partial charge < -0.3 is 5.32 Å². The summed E-state index contributed by atoms with van der Waals surface area (Å²) in [5, 5.41) is 3.46. The van der Waals surface area contributed by atoms with Crippen molar-refractivity contribution in [2.75, 3.05) is 6.54 Å². The summed E-state index contributed by atoms with van der Waals surface area (Å²) in [7, 11) is 0. The largest absolute Gasteiger partial charge is 0.310 e. The zero-order valence-electron chi connectivity index (χ0n) is 9.03. The van der Waals surface area contributed by atoms with Crippen LogP contribution in [0.5, 0.6) is 0 Å². The average molecular weight is 200 g/mol. The summed E-state index contributed by atoms with van der Waals surface area (Å²) in [5.74, 6) is 0.895. The molecule has 1 fully saturated rings. The Hall–Kier alpha value is -1.15. The minimum absolute atomic E-state index is 0.634. The number of fused-ring (bicyclic) bond motifs is 1. The second kappa shape index (κ2) is 3.46. The number of aromatic nitrogens is 1. The first-order valence-electron chi connectivity index (χ1n) is 5.69. The zero-order valence-corrected chi connectivity index (χ0v) is 9.03. The Balaban J connectivity index is 1.91. The molecule has 0 aromatic carbocycles. The van der Waals surface area contributed by atoms with Gasteiger partial charge in [-0.15, -0.1) is 0 Å². The van der Waals surface area contributed by atoms with Crippen molar-refractivity contribution in [2.24, 2.45) is 5.92 Å². The SMILES string of the molecule is Cc1cncc(C2=C[C@@H]3NC[C@@H]3CC2)c1. The monoisotopic (exact) mass is 200 g/mol. The van der Waals surface area contributed by atoms with Crippen molar-refractivity contribution in [3.8, 4) is 0 Å². The lowest BCUT2D eigenvalue weighted by Gasteiger charge is -2.40. The normalized spacial score (nSPS) is 29.0. The summed E-state index contributed by atoms with van der Waals surface area (Å²) in [6, 6.07) is 2.87. The van der Waals surface area contributed by atoms with Crippen LogP contribution in [0, 0.1) is 12.8 Å². The van der Waals surface area contributed by atoms with Crippen molar-refractivity contribution in [2.45, 2.75) is 25.8 Å². The molecule has 0 spiro atoms.